The second-order valence-corrected chi connectivity index (χ2v) is 6.72. The standard InChI is InChI=1S/C9H7BrClN3O2S/c1-5-2-3-6(7(10)4-5)8-12-9(14-13-8)17(11,15)16/h2-4H,1H3,(H,12,13,14). The van der Waals surface area contributed by atoms with Gasteiger partial charge >= 0.3 is 0 Å². The fraction of sp³-hybridized carbons (Fsp3) is 0.111. The van der Waals surface area contributed by atoms with Gasteiger partial charge in [-0.15, -0.1) is 0 Å². The van der Waals surface area contributed by atoms with E-state index < -0.39 is 9.05 Å². The molecule has 0 bridgehead atoms. The third kappa shape index (κ3) is 2.67. The van der Waals surface area contributed by atoms with Crippen LogP contribution >= 0.6 is 26.6 Å². The van der Waals surface area contributed by atoms with Crippen LogP contribution in [-0.4, -0.2) is 23.6 Å². The predicted octanol–water partition coefficient (Wildman–Crippen LogP) is 2.47. The van der Waals surface area contributed by atoms with Crippen LogP contribution in [0.15, 0.2) is 27.8 Å². The predicted molar refractivity (Wildman–Crippen MR) is 67.3 cm³/mol. The van der Waals surface area contributed by atoms with Crippen LogP contribution in [0.5, 0.6) is 0 Å². The second kappa shape index (κ2) is 4.40. The van der Waals surface area contributed by atoms with Crippen molar-refractivity contribution in [1.29, 1.82) is 0 Å². The van der Waals surface area contributed by atoms with Gasteiger partial charge in [0.2, 0.25) is 0 Å². The summed E-state index contributed by atoms with van der Waals surface area (Å²) in [5.74, 6) is 0.274. The van der Waals surface area contributed by atoms with Crippen molar-refractivity contribution in [2.75, 3.05) is 0 Å². The van der Waals surface area contributed by atoms with Crippen molar-refractivity contribution in [3.63, 3.8) is 0 Å². The van der Waals surface area contributed by atoms with Crippen molar-refractivity contribution in [3.05, 3.63) is 28.2 Å². The van der Waals surface area contributed by atoms with Crippen molar-refractivity contribution in [2.24, 2.45) is 0 Å². The maximum atomic E-state index is 11.0. The van der Waals surface area contributed by atoms with Crippen LogP contribution in [-0.2, 0) is 9.05 Å². The molecular formula is C9H7BrClN3O2S. The van der Waals surface area contributed by atoms with E-state index in [4.69, 9.17) is 10.7 Å². The molecule has 0 radical (unpaired) electrons. The van der Waals surface area contributed by atoms with Crippen molar-refractivity contribution in [1.82, 2.24) is 15.2 Å². The van der Waals surface area contributed by atoms with E-state index in [0.29, 0.717) is 5.56 Å². The lowest BCUT2D eigenvalue weighted by Gasteiger charge is -2.00. The van der Waals surface area contributed by atoms with Gasteiger partial charge in [-0.25, -0.2) is 13.5 Å². The highest BCUT2D eigenvalue weighted by Gasteiger charge is 2.17. The summed E-state index contributed by atoms with van der Waals surface area (Å²) < 4.78 is 22.9. The molecule has 90 valence electrons. The van der Waals surface area contributed by atoms with E-state index >= 15 is 0 Å². The van der Waals surface area contributed by atoms with E-state index in [-0.39, 0.29) is 11.0 Å². The highest BCUT2D eigenvalue weighted by Crippen LogP contribution is 2.27. The number of hydrogen-bond acceptors (Lipinski definition) is 4. The van der Waals surface area contributed by atoms with Gasteiger partial charge in [0.1, 0.15) is 0 Å². The molecule has 0 spiro atoms. The molecule has 0 aliphatic heterocycles. The number of rotatable bonds is 2. The summed E-state index contributed by atoms with van der Waals surface area (Å²) >= 11 is 3.37. The Hall–Kier alpha value is -0.920. The Bertz CT molecular complexity index is 669. The summed E-state index contributed by atoms with van der Waals surface area (Å²) in [4.78, 5) is 3.83. The SMILES string of the molecule is Cc1ccc(-c2n[nH]c(S(=O)(=O)Cl)n2)c(Br)c1. The van der Waals surface area contributed by atoms with Crippen LogP contribution in [0, 0.1) is 6.92 Å². The lowest BCUT2D eigenvalue weighted by atomic mass is 10.1. The minimum absolute atomic E-state index is 0.274. The molecule has 2 rings (SSSR count). The lowest BCUT2D eigenvalue weighted by molar-refractivity contribution is 0.602. The minimum Gasteiger partial charge on any atom is -0.248 e. The summed E-state index contributed by atoms with van der Waals surface area (Å²) in [5, 5.41) is 5.74. The molecule has 2 aromatic rings. The molecule has 0 saturated heterocycles. The number of halogens is 2. The molecule has 1 heterocycles. The van der Waals surface area contributed by atoms with Crippen LogP contribution in [0.2, 0.25) is 0 Å². The molecule has 1 N–H and O–H groups in total. The fourth-order valence-corrected chi connectivity index (χ4v) is 2.51. The first-order valence-electron chi connectivity index (χ1n) is 4.51. The maximum Gasteiger partial charge on any atom is 0.296 e. The molecule has 5 nitrogen and oxygen atoms in total. The molecule has 0 atom stereocenters. The fourth-order valence-electron chi connectivity index (χ4n) is 1.28. The van der Waals surface area contributed by atoms with E-state index in [1.54, 1.807) is 6.07 Å². The van der Waals surface area contributed by atoms with Crippen LogP contribution in [0.3, 0.4) is 0 Å². The minimum atomic E-state index is -3.88. The smallest absolute Gasteiger partial charge is 0.248 e. The van der Waals surface area contributed by atoms with E-state index in [2.05, 4.69) is 31.1 Å². The Labute approximate surface area is 111 Å². The van der Waals surface area contributed by atoms with Gasteiger partial charge in [-0.3, -0.25) is 0 Å². The zero-order chi connectivity index (χ0) is 12.6. The molecule has 17 heavy (non-hydrogen) atoms. The van der Waals surface area contributed by atoms with Crippen LogP contribution in [0.25, 0.3) is 11.4 Å². The molecule has 1 aromatic carbocycles. The van der Waals surface area contributed by atoms with Crippen LogP contribution < -0.4 is 0 Å². The molecule has 1 aromatic heterocycles. The number of aromatic amines is 1. The Kier molecular flexibility index (Phi) is 3.24. The second-order valence-electron chi connectivity index (χ2n) is 3.39. The van der Waals surface area contributed by atoms with Gasteiger partial charge in [-0.05, 0) is 24.6 Å². The molecule has 0 amide bonds. The normalized spacial score (nSPS) is 11.7. The number of benzene rings is 1. The first kappa shape index (κ1) is 12.5. The number of hydrogen-bond donors (Lipinski definition) is 1. The maximum absolute atomic E-state index is 11.0. The third-order valence-electron chi connectivity index (χ3n) is 2.06. The first-order valence-corrected chi connectivity index (χ1v) is 7.62. The van der Waals surface area contributed by atoms with Gasteiger partial charge in [0, 0.05) is 20.7 Å². The lowest BCUT2D eigenvalue weighted by Crippen LogP contribution is -1.92. The number of nitrogens with one attached hydrogen (secondary N) is 1. The molecular weight excluding hydrogens is 330 g/mol. The summed E-state index contributed by atoms with van der Waals surface area (Å²) in [5.41, 5.74) is 1.76. The Morgan fingerprint density at radius 2 is 2.12 bits per heavy atom. The highest BCUT2D eigenvalue weighted by molar-refractivity contribution is 9.10. The summed E-state index contributed by atoms with van der Waals surface area (Å²) in [6.07, 6.45) is 0. The average Bonchev–Trinajstić information content (AvgIpc) is 2.65. The average molecular weight is 337 g/mol. The van der Waals surface area contributed by atoms with Gasteiger partial charge in [0.15, 0.2) is 5.82 Å². The summed E-state index contributed by atoms with van der Waals surface area (Å²) in [7, 11) is 1.27. The highest BCUT2D eigenvalue weighted by atomic mass is 79.9. The van der Waals surface area contributed by atoms with E-state index in [1.807, 2.05) is 19.1 Å². The molecule has 0 saturated carbocycles. The zero-order valence-electron chi connectivity index (χ0n) is 8.61. The van der Waals surface area contributed by atoms with E-state index in [9.17, 15) is 8.42 Å². The van der Waals surface area contributed by atoms with Crippen molar-refractivity contribution in [2.45, 2.75) is 12.1 Å². The van der Waals surface area contributed by atoms with Gasteiger partial charge in [0.25, 0.3) is 14.2 Å². The van der Waals surface area contributed by atoms with Gasteiger partial charge in [-0.2, -0.15) is 10.1 Å². The van der Waals surface area contributed by atoms with Crippen molar-refractivity contribution in [3.8, 4) is 11.4 Å². The molecule has 0 fully saturated rings. The van der Waals surface area contributed by atoms with Gasteiger partial charge in [-0.1, -0.05) is 22.0 Å². The summed E-state index contributed by atoms with van der Waals surface area (Å²) in [6.45, 7) is 1.95. The summed E-state index contributed by atoms with van der Waals surface area (Å²) in [6, 6.07) is 5.57. The molecule has 8 heteroatoms. The van der Waals surface area contributed by atoms with Crippen LogP contribution in [0.4, 0.5) is 0 Å². The van der Waals surface area contributed by atoms with Gasteiger partial charge < -0.3 is 0 Å². The number of aromatic nitrogens is 3. The third-order valence-corrected chi connectivity index (χ3v) is 3.80. The molecule has 0 aliphatic carbocycles. The number of H-pyrrole nitrogens is 1. The van der Waals surface area contributed by atoms with E-state index in [1.165, 1.54) is 0 Å². The van der Waals surface area contributed by atoms with E-state index in [0.717, 1.165) is 10.0 Å². The monoisotopic (exact) mass is 335 g/mol. The number of aryl methyl sites for hydroxylation is 1. The van der Waals surface area contributed by atoms with Gasteiger partial charge in [0.05, 0.1) is 0 Å². The topological polar surface area (TPSA) is 75.7 Å². The quantitative estimate of drug-likeness (QED) is 0.855. The zero-order valence-corrected chi connectivity index (χ0v) is 11.8. The number of nitrogens with zero attached hydrogens (tertiary/aromatic N) is 2. The van der Waals surface area contributed by atoms with Crippen molar-refractivity contribution < 1.29 is 8.42 Å². The Morgan fingerprint density at radius 3 is 2.65 bits per heavy atom. The first-order chi connectivity index (χ1) is 7.88. The van der Waals surface area contributed by atoms with Crippen LogP contribution in [0.1, 0.15) is 5.56 Å². The Morgan fingerprint density at radius 1 is 1.41 bits per heavy atom. The van der Waals surface area contributed by atoms with Crippen molar-refractivity contribution >= 4 is 35.7 Å². The molecule has 0 aliphatic rings. The molecule has 0 unspecified atom stereocenters. The Balaban J connectivity index is 2.51. The largest absolute Gasteiger partial charge is 0.296 e.